The number of hydrogen-bond acceptors (Lipinski definition) is 2. The van der Waals surface area contributed by atoms with E-state index in [-0.39, 0.29) is 22.3 Å². The number of nitrogens with zero attached hydrogens (tertiary/aromatic N) is 2. The number of hydrogen-bond donors (Lipinski definition) is 0. The predicted octanol–water partition coefficient (Wildman–Crippen LogP) is 17.7. The third kappa shape index (κ3) is 6.13. The third-order valence-corrected chi connectivity index (χ3v) is 16.1. The summed E-state index contributed by atoms with van der Waals surface area (Å²) in [7, 11) is 0. The van der Waals surface area contributed by atoms with E-state index in [0.717, 1.165) is 6.42 Å². The molecule has 0 radical (unpaired) electrons. The van der Waals surface area contributed by atoms with Crippen molar-refractivity contribution in [2.24, 2.45) is 0 Å². The zero-order valence-electron chi connectivity index (χ0n) is 39.7. The van der Waals surface area contributed by atoms with Crippen LogP contribution in [-0.2, 0) is 22.7 Å². The largest absolute Gasteiger partial charge is 0.329 e. The summed E-state index contributed by atoms with van der Waals surface area (Å²) in [6.45, 7) is 17.0. The Morgan fingerprint density at radius 2 is 1.09 bits per heavy atom. The van der Waals surface area contributed by atoms with E-state index in [9.17, 15) is 0 Å². The van der Waals surface area contributed by atoms with Crippen molar-refractivity contribution in [3.05, 3.63) is 209 Å². The highest BCUT2D eigenvalue weighted by atomic mass is 15.2. The van der Waals surface area contributed by atoms with Gasteiger partial charge in [0, 0.05) is 33.4 Å². The zero-order valence-corrected chi connectivity index (χ0v) is 39.7. The SMILES string of the molecule is CCCCc1ccc(N2c3cc4c(cc3C3c5c(cc(-c6ccccc6)cc52)-c2cc5c(cc2N3c2ccccc2)C(C)(C)CCC5(C)C)-c2ccccc2C4(C)C)c(-c2ccccc2)c1. The lowest BCUT2D eigenvalue weighted by atomic mass is 9.62. The summed E-state index contributed by atoms with van der Waals surface area (Å²) in [6, 6.07) is 65.4. The van der Waals surface area contributed by atoms with E-state index < -0.39 is 0 Å². The number of fused-ring (bicyclic) bond motifs is 8. The minimum atomic E-state index is -0.175. The predicted molar refractivity (Wildman–Crippen MR) is 279 cm³/mol. The van der Waals surface area contributed by atoms with E-state index in [4.69, 9.17) is 0 Å². The average Bonchev–Trinajstić information content (AvgIpc) is 3.57. The van der Waals surface area contributed by atoms with Gasteiger partial charge >= 0.3 is 0 Å². The lowest BCUT2D eigenvalue weighted by Crippen LogP contribution is -2.37. The first-order valence-electron chi connectivity index (χ1n) is 24.5. The summed E-state index contributed by atoms with van der Waals surface area (Å²) in [5.41, 5.74) is 26.3. The van der Waals surface area contributed by atoms with Gasteiger partial charge in [0.05, 0.1) is 28.8 Å². The third-order valence-electron chi connectivity index (χ3n) is 16.1. The Labute approximate surface area is 392 Å². The van der Waals surface area contributed by atoms with Gasteiger partial charge in [-0.3, -0.25) is 0 Å². The summed E-state index contributed by atoms with van der Waals surface area (Å²) in [6.07, 6.45) is 5.73. The van der Waals surface area contributed by atoms with Crippen molar-refractivity contribution in [2.75, 3.05) is 9.80 Å². The van der Waals surface area contributed by atoms with Gasteiger partial charge in [-0.25, -0.2) is 0 Å². The van der Waals surface area contributed by atoms with E-state index in [2.05, 4.69) is 228 Å². The second-order valence-electron chi connectivity index (χ2n) is 21.4. The molecule has 0 amide bonds. The summed E-state index contributed by atoms with van der Waals surface area (Å²) < 4.78 is 0. The molecule has 2 heterocycles. The van der Waals surface area contributed by atoms with Gasteiger partial charge in [-0.15, -0.1) is 0 Å². The molecule has 326 valence electrons. The number of anilines is 5. The minimum Gasteiger partial charge on any atom is -0.329 e. The maximum Gasteiger partial charge on any atom is 0.0891 e. The van der Waals surface area contributed by atoms with Crippen LogP contribution in [0.4, 0.5) is 28.4 Å². The van der Waals surface area contributed by atoms with Crippen LogP contribution in [0.15, 0.2) is 170 Å². The molecule has 8 aromatic rings. The molecule has 2 aliphatic heterocycles. The molecule has 2 aliphatic carbocycles. The molecule has 8 aromatic carbocycles. The van der Waals surface area contributed by atoms with E-state index in [1.165, 1.54) is 138 Å². The molecule has 66 heavy (non-hydrogen) atoms. The molecule has 12 rings (SSSR count). The van der Waals surface area contributed by atoms with Crippen molar-refractivity contribution < 1.29 is 0 Å². The van der Waals surface area contributed by atoms with Crippen LogP contribution in [0.5, 0.6) is 0 Å². The van der Waals surface area contributed by atoms with Crippen molar-refractivity contribution >= 4 is 28.4 Å². The Balaban J connectivity index is 1.25. The first kappa shape index (κ1) is 40.8. The van der Waals surface area contributed by atoms with Gasteiger partial charge in [-0.05, 0) is 158 Å². The summed E-state index contributed by atoms with van der Waals surface area (Å²) >= 11 is 0. The van der Waals surface area contributed by atoms with Crippen LogP contribution >= 0.6 is 0 Å². The normalized spacial score (nSPS) is 17.5. The molecule has 0 spiro atoms. The fourth-order valence-electron chi connectivity index (χ4n) is 12.3. The minimum absolute atomic E-state index is 0.0497. The maximum atomic E-state index is 2.72. The zero-order chi connectivity index (χ0) is 45.1. The molecule has 2 heteroatoms. The Hall–Kier alpha value is -6.64. The number of rotatable bonds is 7. The van der Waals surface area contributed by atoms with Gasteiger partial charge in [0.25, 0.3) is 0 Å². The van der Waals surface area contributed by atoms with Gasteiger partial charge in [0.2, 0.25) is 0 Å². The second-order valence-corrected chi connectivity index (χ2v) is 21.4. The molecule has 0 bridgehead atoms. The van der Waals surface area contributed by atoms with Gasteiger partial charge in [-0.1, -0.05) is 164 Å². The van der Waals surface area contributed by atoms with Crippen LogP contribution in [0.1, 0.15) is 119 Å². The van der Waals surface area contributed by atoms with Crippen LogP contribution < -0.4 is 9.80 Å². The highest BCUT2D eigenvalue weighted by Crippen LogP contribution is 2.64. The lowest BCUT2D eigenvalue weighted by Gasteiger charge is -2.49. The molecule has 0 fully saturated rings. The highest BCUT2D eigenvalue weighted by Gasteiger charge is 2.47. The molecule has 1 unspecified atom stereocenters. The van der Waals surface area contributed by atoms with E-state index in [1.807, 2.05) is 0 Å². The number of aryl methyl sites for hydroxylation is 1. The topological polar surface area (TPSA) is 6.48 Å². The molecule has 0 saturated carbocycles. The fraction of sp³-hybridized carbons (Fsp3) is 0.250. The van der Waals surface area contributed by atoms with E-state index >= 15 is 0 Å². The summed E-state index contributed by atoms with van der Waals surface area (Å²) in [5.74, 6) is 0. The number of unbranched alkanes of at least 4 members (excludes halogenated alkanes) is 1. The fourth-order valence-corrected chi connectivity index (χ4v) is 12.3. The van der Waals surface area contributed by atoms with Crippen LogP contribution in [0.2, 0.25) is 0 Å². The molecular weight excluding hydrogens is 797 g/mol. The maximum absolute atomic E-state index is 2.72. The van der Waals surface area contributed by atoms with E-state index in [0.29, 0.717) is 0 Å². The molecular formula is C64H60N2. The van der Waals surface area contributed by atoms with Crippen LogP contribution in [0, 0.1) is 0 Å². The van der Waals surface area contributed by atoms with Gasteiger partial charge in [0.1, 0.15) is 0 Å². The summed E-state index contributed by atoms with van der Waals surface area (Å²) in [5, 5.41) is 0. The lowest BCUT2D eigenvalue weighted by molar-refractivity contribution is 0.332. The highest BCUT2D eigenvalue weighted by molar-refractivity contribution is 6.03. The Morgan fingerprint density at radius 3 is 1.80 bits per heavy atom. The smallest absolute Gasteiger partial charge is 0.0891 e. The standard InChI is InChI=1S/C64H60N2/c1-8-9-21-41-30-31-56(47(34-41)43-24-15-11-16-25-43)66-58-39-53-48(46-28-19-20-29-52(46)64(53,6)7)37-51(58)61-60-50(35-44(36-59(60)66)42-22-13-10-14-23-42)49-38-54-55(63(4,5)33-32-62(54,2)3)40-57(49)65(61)45-26-17-12-18-27-45/h10-20,22-31,34-40,61H,8-9,21,32-33H2,1-7H3. The molecule has 0 N–H and O–H groups in total. The number of para-hydroxylation sites is 1. The summed E-state index contributed by atoms with van der Waals surface area (Å²) in [4.78, 5) is 5.41. The first-order chi connectivity index (χ1) is 31.9. The Bertz CT molecular complexity index is 3210. The van der Waals surface area contributed by atoms with Gasteiger partial charge in [-0.2, -0.15) is 0 Å². The number of benzene rings is 8. The van der Waals surface area contributed by atoms with Gasteiger partial charge in [0.15, 0.2) is 0 Å². The van der Waals surface area contributed by atoms with Crippen LogP contribution in [-0.4, -0.2) is 0 Å². The molecule has 4 aliphatic rings. The molecule has 2 nitrogen and oxygen atoms in total. The quantitative estimate of drug-likeness (QED) is 0.158. The molecule has 0 aromatic heterocycles. The van der Waals surface area contributed by atoms with Crippen molar-refractivity contribution in [3.63, 3.8) is 0 Å². The van der Waals surface area contributed by atoms with Crippen molar-refractivity contribution in [2.45, 2.75) is 103 Å². The first-order valence-corrected chi connectivity index (χ1v) is 24.5. The second kappa shape index (κ2) is 14.9. The van der Waals surface area contributed by atoms with Crippen LogP contribution in [0.3, 0.4) is 0 Å². The van der Waals surface area contributed by atoms with Crippen LogP contribution in [0.25, 0.3) is 44.5 Å². The molecule has 0 saturated heterocycles. The Kier molecular flexibility index (Phi) is 9.25. The van der Waals surface area contributed by atoms with Crippen molar-refractivity contribution in [1.82, 2.24) is 0 Å². The average molecular weight is 857 g/mol. The Morgan fingerprint density at radius 1 is 0.455 bits per heavy atom. The van der Waals surface area contributed by atoms with Crippen molar-refractivity contribution in [3.8, 4) is 44.5 Å². The monoisotopic (exact) mass is 856 g/mol. The van der Waals surface area contributed by atoms with E-state index in [1.54, 1.807) is 0 Å². The van der Waals surface area contributed by atoms with Gasteiger partial charge < -0.3 is 9.80 Å². The van der Waals surface area contributed by atoms with Crippen molar-refractivity contribution in [1.29, 1.82) is 0 Å². The molecule has 1 atom stereocenters.